The van der Waals surface area contributed by atoms with Crippen LogP contribution in [0.2, 0.25) is 0 Å². The van der Waals surface area contributed by atoms with Crippen molar-refractivity contribution in [3.05, 3.63) is 29.8 Å². The van der Waals surface area contributed by atoms with E-state index in [1.807, 2.05) is 12.3 Å². The molecule has 3 heterocycles. The van der Waals surface area contributed by atoms with Crippen molar-refractivity contribution in [2.45, 2.75) is 18.9 Å². The van der Waals surface area contributed by atoms with E-state index in [1.54, 1.807) is 0 Å². The number of allylic oxidation sites excluding steroid dienone is 1. The molecule has 0 bridgehead atoms. The monoisotopic (exact) mass is 309 g/mol. The van der Waals surface area contributed by atoms with Crippen molar-refractivity contribution in [3.8, 4) is 0 Å². The first-order chi connectivity index (χ1) is 11.3. The molecule has 4 rings (SSSR count). The topological polar surface area (TPSA) is 85.4 Å². The Morgan fingerprint density at radius 3 is 3.00 bits per heavy atom. The number of benzene rings is 1. The minimum atomic E-state index is 0.270. The molecule has 2 aliphatic rings. The summed E-state index contributed by atoms with van der Waals surface area (Å²) >= 11 is 0. The molecule has 0 unspecified atom stereocenters. The first-order valence-corrected chi connectivity index (χ1v) is 7.90. The van der Waals surface area contributed by atoms with E-state index in [2.05, 4.69) is 38.5 Å². The normalized spacial score (nSPS) is 20.7. The summed E-state index contributed by atoms with van der Waals surface area (Å²) in [6.45, 7) is 2.26. The number of hydrogen-bond donors (Lipinski definition) is 2. The van der Waals surface area contributed by atoms with Crippen molar-refractivity contribution in [2.75, 3.05) is 30.8 Å². The Bertz CT molecular complexity index is 793. The number of aromatic nitrogens is 2. The predicted molar refractivity (Wildman–Crippen MR) is 92.8 cm³/mol. The van der Waals surface area contributed by atoms with Crippen LogP contribution >= 0.6 is 0 Å². The van der Waals surface area contributed by atoms with Gasteiger partial charge in [-0.1, -0.05) is 6.07 Å². The number of rotatable bonds is 3. The van der Waals surface area contributed by atoms with E-state index in [1.165, 1.54) is 5.57 Å². The van der Waals surface area contributed by atoms with Gasteiger partial charge in [-0.3, -0.25) is 4.99 Å². The van der Waals surface area contributed by atoms with Crippen LogP contribution < -0.4 is 11.1 Å². The van der Waals surface area contributed by atoms with Crippen molar-refractivity contribution >= 4 is 34.5 Å². The van der Waals surface area contributed by atoms with Crippen LogP contribution in [0.1, 0.15) is 18.4 Å². The summed E-state index contributed by atoms with van der Waals surface area (Å²) in [6, 6.07) is 6.46. The Hall–Kier alpha value is -2.47. The smallest absolute Gasteiger partial charge is 0.222 e. The SMILES string of the molecule is Nc1nc(N[C@@H]2CCCOC2)c2ccc(C3=CC=NC3)cc2n1. The summed E-state index contributed by atoms with van der Waals surface area (Å²) in [4.78, 5) is 13.0. The second-order valence-corrected chi connectivity index (χ2v) is 5.90. The van der Waals surface area contributed by atoms with Gasteiger partial charge in [0.2, 0.25) is 5.95 Å². The van der Waals surface area contributed by atoms with E-state index in [4.69, 9.17) is 10.5 Å². The van der Waals surface area contributed by atoms with Crippen LogP contribution in [0.25, 0.3) is 16.5 Å². The van der Waals surface area contributed by atoms with Crippen LogP contribution in [-0.4, -0.2) is 42.0 Å². The zero-order chi connectivity index (χ0) is 15.6. The number of nitrogen functional groups attached to an aromatic ring is 1. The zero-order valence-electron chi connectivity index (χ0n) is 12.8. The standard InChI is InChI=1S/C17H19N5O/c18-17-21-15-8-11(12-5-6-19-9-12)3-4-14(15)16(22-17)20-13-2-1-7-23-10-13/h3-6,8,13H,1-2,7,9-10H2,(H3,18,20,21,22)/t13-/m1/s1. The van der Waals surface area contributed by atoms with Gasteiger partial charge < -0.3 is 15.8 Å². The Morgan fingerprint density at radius 1 is 1.26 bits per heavy atom. The number of aliphatic imine (C=N–C) groups is 1. The predicted octanol–water partition coefficient (Wildman–Crippen LogP) is 2.27. The minimum absolute atomic E-state index is 0.270. The minimum Gasteiger partial charge on any atom is -0.379 e. The summed E-state index contributed by atoms with van der Waals surface area (Å²) < 4.78 is 5.52. The van der Waals surface area contributed by atoms with Gasteiger partial charge in [0, 0.05) is 18.2 Å². The molecule has 0 radical (unpaired) electrons. The molecule has 0 aliphatic carbocycles. The molecule has 1 atom stereocenters. The summed E-state index contributed by atoms with van der Waals surface area (Å²) in [5.74, 6) is 1.07. The second-order valence-electron chi connectivity index (χ2n) is 5.90. The third-order valence-corrected chi connectivity index (χ3v) is 4.23. The van der Waals surface area contributed by atoms with E-state index in [0.29, 0.717) is 6.61 Å². The molecular weight excluding hydrogens is 290 g/mol. The fourth-order valence-electron chi connectivity index (χ4n) is 3.04. The van der Waals surface area contributed by atoms with Crippen LogP contribution in [-0.2, 0) is 4.74 Å². The lowest BCUT2D eigenvalue weighted by Gasteiger charge is -2.24. The van der Waals surface area contributed by atoms with Gasteiger partial charge in [0.1, 0.15) is 5.82 Å². The first-order valence-electron chi connectivity index (χ1n) is 7.90. The fourth-order valence-corrected chi connectivity index (χ4v) is 3.04. The van der Waals surface area contributed by atoms with Crippen molar-refractivity contribution in [1.82, 2.24) is 9.97 Å². The molecule has 6 heteroatoms. The van der Waals surface area contributed by atoms with Gasteiger partial charge in [0.15, 0.2) is 0 Å². The van der Waals surface area contributed by atoms with Gasteiger partial charge in [-0.05, 0) is 42.2 Å². The largest absolute Gasteiger partial charge is 0.379 e. The van der Waals surface area contributed by atoms with E-state index < -0.39 is 0 Å². The molecule has 118 valence electrons. The molecule has 0 saturated carbocycles. The molecule has 2 aromatic rings. The molecule has 1 saturated heterocycles. The first kappa shape index (κ1) is 14.1. The van der Waals surface area contributed by atoms with Crippen molar-refractivity contribution in [3.63, 3.8) is 0 Å². The Labute approximate surface area is 134 Å². The third-order valence-electron chi connectivity index (χ3n) is 4.23. The van der Waals surface area contributed by atoms with Gasteiger partial charge in [-0.2, -0.15) is 4.98 Å². The maximum atomic E-state index is 5.90. The van der Waals surface area contributed by atoms with Crippen molar-refractivity contribution in [2.24, 2.45) is 4.99 Å². The van der Waals surface area contributed by atoms with Crippen LogP contribution in [0.4, 0.5) is 11.8 Å². The van der Waals surface area contributed by atoms with E-state index in [9.17, 15) is 0 Å². The summed E-state index contributed by atoms with van der Waals surface area (Å²) in [7, 11) is 0. The van der Waals surface area contributed by atoms with Gasteiger partial charge in [0.25, 0.3) is 0 Å². The highest BCUT2D eigenvalue weighted by atomic mass is 16.5. The maximum Gasteiger partial charge on any atom is 0.222 e. The van der Waals surface area contributed by atoms with E-state index in [-0.39, 0.29) is 12.0 Å². The molecule has 1 fully saturated rings. The highest BCUT2D eigenvalue weighted by Crippen LogP contribution is 2.27. The van der Waals surface area contributed by atoms with E-state index >= 15 is 0 Å². The summed E-state index contributed by atoms with van der Waals surface area (Å²) in [6.07, 6.45) is 6.01. The van der Waals surface area contributed by atoms with Crippen LogP contribution in [0.5, 0.6) is 0 Å². The second kappa shape index (κ2) is 5.96. The van der Waals surface area contributed by atoms with Crippen molar-refractivity contribution in [1.29, 1.82) is 0 Å². The summed E-state index contributed by atoms with van der Waals surface area (Å²) in [5, 5.41) is 4.44. The third kappa shape index (κ3) is 2.90. The van der Waals surface area contributed by atoms with E-state index in [0.717, 1.165) is 48.3 Å². The molecule has 1 aromatic heterocycles. The molecule has 0 amide bonds. The maximum absolute atomic E-state index is 5.90. The van der Waals surface area contributed by atoms with Gasteiger partial charge in [-0.25, -0.2) is 4.98 Å². The molecule has 1 aromatic carbocycles. The molecule has 3 N–H and O–H groups in total. The Kier molecular flexibility index (Phi) is 3.67. The molecule has 0 spiro atoms. The number of ether oxygens (including phenoxy) is 1. The number of nitrogens with two attached hydrogens (primary N) is 1. The van der Waals surface area contributed by atoms with Gasteiger partial charge in [0.05, 0.1) is 24.7 Å². The highest BCUT2D eigenvalue weighted by Gasteiger charge is 2.16. The average molecular weight is 309 g/mol. The molecule has 6 nitrogen and oxygen atoms in total. The Morgan fingerprint density at radius 2 is 2.22 bits per heavy atom. The number of nitrogens with one attached hydrogen (secondary N) is 1. The number of nitrogens with zero attached hydrogens (tertiary/aromatic N) is 3. The van der Waals surface area contributed by atoms with Crippen LogP contribution in [0.15, 0.2) is 29.3 Å². The number of anilines is 2. The van der Waals surface area contributed by atoms with Crippen LogP contribution in [0.3, 0.4) is 0 Å². The molecule has 23 heavy (non-hydrogen) atoms. The zero-order valence-corrected chi connectivity index (χ0v) is 12.8. The van der Waals surface area contributed by atoms with Crippen molar-refractivity contribution < 1.29 is 4.74 Å². The average Bonchev–Trinajstić information content (AvgIpc) is 3.09. The quantitative estimate of drug-likeness (QED) is 0.908. The van der Waals surface area contributed by atoms with Gasteiger partial charge >= 0.3 is 0 Å². The fraction of sp³-hybridized carbons (Fsp3) is 0.353. The lowest BCUT2D eigenvalue weighted by atomic mass is 10.0. The lowest BCUT2D eigenvalue weighted by molar-refractivity contribution is 0.0875. The lowest BCUT2D eigenvalue weighted by Crippen LogP contribution is -2.30. The van der Waals surface area contributed by atoms with Crippen LogP contribution in [0, 0.1) is 0 Å². The molecule has 2 aliphatic heterocycles. The number of hydrogen-bond acceptors (Lipinski definition) is 6. The summed E-state index contributed by atoms with van der Waals surface area (Å²) in [5.41, 5.74) is 9.07. The Balaban J connectivity index is 1.69. The highest BCUT2D eigenvalue weighted by molar-refractivity contribution is 5.95. The molecular formula is C17H19N5O. The number of fused-ring (bicyclic) bond motifs is 1. The van der Waals surface area contributed by atoms with Gasteiger partial charge in [-0.15, -0.1) is 0 Å².